The van der Waals surface area contributed by atoms with Crippen LogP contribution in [0.4, 0.5) is 0 Å². The zero-order valence-electron chi connectivity index (χ0n) is 11.9. The Morgan fingerprint density at radius 2 is 2.30 bits per heavy atom. The van der Waals surface area contributed by atoms with Crippen LogP contribution in [0.3, 0.4) is 0 Å². The van der Waals surface area contributed by atoms with E-state index >= 15 is 0 Å². The highest BCUT2D eigenvalue weighted by Crippen LogP contribution is 2.23. The lowest BCUT2D eigenvalue weighted by Gasteiger charge is -2.35. The number of likely N-dealkylation sites (tertiary alicyclic amines) is 1. The van der Waals surface area contributed by atoms with Crippen molar-refractivity contribution >= 4 is 5.91 Å². The number of rotatable bonds is 1. The average Bonchev–Trinajstić information content (AvgIpc) is 2.49. The molecule has 1 aromatic carbocycles. The minimum absolute atomic E-state index is 0.0784. The van der Waals surface area contributed by atoms with E-state index in [1.807, 2.05) is 24.0 Å². The molecular formula is C16H22N2O2. The Morgan fingerprint density at radius 1 is 1.45 bits per heavy atom. The van der Waals surface area contributed by atoms with Crippen molar-refractivity contribution in [3.05, 3.63) is 34.9 Å². The van der Waals surface area contributed by atoms with E-state index in [1.54, 1.807) is 0 Å². The molecule has 20 heavy (non-hydrogen) atoms. The zero-order chi connectivity index (χ0) is 14.1. The van der Waals surface area contributed by atoms with Crippen molar-refractivity contribution in [3.8, 4) is 0 Å². The molecule has 0 aromatic heterocycles. The van der Waals surface area contributed by atoms with E-state index in [0.29, 0.717) is 6.54 Å². The van der Waals surface area contributed by atoms with Crippen LogP contribution >= 0.6 is 0 Å². The number of β-amino-alcohol motifs (C(OH)–C–C–N with tert-alkyl or cyclic N) is 1. The van der Waals surface area contributed by atoms with Crippen LogP contribution < -0.4 is 5.32 Å². The summed E-state index contributed by atoms with van der Waals surface area (Å²) in [6, 6.07) is 5.98. The van der Waals surface area contributed by atoms with Crippen LogP contribution in [-0.2, 0) is 13.0 Å². The Kier molecular flexibility index (Phi) is 3.76. The quantitative estimate of drug-likeness (QED) is 0.808. The van der Waals surface area contributed by atoms with Gasteiger partial charge in [-0.3, -0.25) is 4.79 Å². The number of carbonyl (C=O) groups excluding carboxylic acids is 1. The SMILES string of the molecule is CC1CCN(C(=O)c2cccc3c2CCNC3)CC1O. The largest absolute Gasteiger partial charge is 0.391 e. The third kappa shape index (κ3) is 2.45. The van der Waals surface area contributed by atoms with Crippen molar-refractivity contribution in [1.82, 2.24) is 10.2 Å². The summed E-state index contributed by atoms with van der Waals surface area (Å²) in [5, 5.41) is 13.3. The second kappa shape index (κ2) is 5.54. The fourth-order valence-electron chi connectivity index (χ4n) is 3.14. The number of aliphatic hydroxyl groups excluding tert-OH is 1. The Morgan fingerprint density at radius 3 is 3.10 bits per heavy atom. The molecule has 0 bridgehead atoms. The number of aliphatic hydroxyl groups is 1. The van der Waals surface area contributed by atoms with Crippen LogP contribution in [0.15, 0.2) is 18.2 Å². The number of nitrogens with zero attached hydrogens (tertiary/aromatic N) is 1. The minimum atomic E-state index is -0.395. The lowest BCUT2D eigenvalue weighted by atomic mass is 9.92. The molecule has 1 saturated heterocycles. The van der Waals surface area contributed by atoms with Crippen LogP contribution in [0.2, 0.25) is 0 Å². The Hall–Kier alpha value is -1.39. The number of carbonyl (C=O) groups is 1. The molecule has 2 aliphatic heterocycles. The molecule has 0 spiro atoms. The summed E-state index contributed by atoms with van der Waals surface area (Å²) in [5.41, 5.74) is 3.24. The first-order valence-corrected chi connectivity index (χ1v) is 7.45. The lowest BCUT2D eigenvalue weighted by Crippen LogP contribution is -2.46. The smallest absolute Gasteiger partial charge is 0.254 e. The molecular weight excluding hydrogens is 252 g/mol. The first kappa shape index (κ1) is 13.6. The van der Waals surface area contributed by atoms with Gasteiger partial charge < -0.3 is 15.3 Å². The Balaban J connectivity index is 1.84. The molecule has 0 radical (unpaired) electrons. The van der Waals surface area contributed by atoms with Crippen molar-refractivity contribution in [2.45, 2.75) is 32.4 Å². The first-order valence-electron chi connectivity index (χ1n) is 7.45. The average molecular weight is 274 g/mol. The molecule has 0 saturated carbocycles. The standard InChI is InChI=1S/C16H22N2O2/c1-11-6-8-18(10-15(11)19)16(20)14-4-2-3-12-9-17-7-5-13(12)14/h2-4,11,15,17,19H,5-10H2,1H3. The Labute approximate surface area is 119 Å². The summed E-state index contributed by atoms with van der Waals surface area (Å²) in [7, 11) is 0. The van der Waals surface area contributed by atoms with Gasteiger partial charge in [0.2, 0.25) is 0 Å². The van der Waals surface area contributed by atoms with E-state index in [1.165, 1.54) is 11.1 Å². The highest BCUT2D eigenvalue weighted by atomic mass is 16.3. The number of benzene rings is 1. The summed E-state index contributed by atoms with van der Waals surface area (Å²) in [6.45, 7) is 5.02. The second-order valence-electron chi connectivity index (χ2n) is 5.95. The van der Waals surface area contributed by atoms with Gasteiger partial charge >= 0.3 is 0 Å². The molecule has 2 heterocycles. The summed E-state index contributed by atoms with van der Waals surface area (Å²) in [4.78, 5) is 14.5. The van der Waals surface area contributed by atoms with E-state index < -0.39 is 6.10 Å². The highest BCUT2D eigenvalue weighted by molar-refractivity contribution is 5.96. The molecule has 3 rings (SSSR count). The molecule has 0 aliphatic carbocycles. The summed E-state index contributed by atoms with van der Waals surface area (Å²) >= 11 is 0. The van der Waals surface area contributed by atoms with Gasteiger partial charge in [-0.25, -0.2) is 0 Å². The lowest BCUT2D eigenvalue weighted by molar-refractivity contribution is 0.0248. The number of nitrogens with one attached hydrogen (secondary N) is 1. The van der Waals surface area contributed by atoms with Crippen molar-refractivity contribution in [1.29, 1.82) is 0 Å². The van der Waals surface area contributed by atoms with Crippen molar-refractivity contribution in [2.75, 3.05) is 19.6 Å². The molecule has 2 unspecified atom stereocenters. The summed E-state index contributed by atoms with van der Waals surface area (Å²) < 4.78 is 0. The van der Waals surface area contributed by atoms with Crippen molar-refractivity contribution in [2.24, 2.45) is 5.92 Å². The number of fused-ring (bicyclic) bond motifs is 1. The van der Waals surface area contributed by atoms with Crippen molar-refractivity contribution < 1.29 is 9.90 Å². The first-order chi connectivity index (χ1) is 9.66. The maximum absolute atomic E-state index is 12.7. The molecule has 1 fully saturated rings. The van der Waals surface area contributed by atoms with Gasteiger partial charge in [0.25, 0.3) is 5.91 Å². The topological polar surface area (TPSA) is 52.6 Å². The number of hydrogen-bond donors (Lipinski definition) is 2. The van der Waals surface area contributed by atoms with Gasteiger partial charge in [-0.2, -0.15) is 0 Å². The molecule has 2 aliphatic rings. The van der Waals surface area contributed by atoms with Crippen LogP contribution in [0.1, 0.15) is 34.8 Å². The van der Waals surface area contributed by atoms with Crippen LogP contribution in [-0.4, -0.2) is 41.7 Å². The third-order valence-corrected chi connectivity index (χ3v) is 4.58. The van der Waals surface area contributed by atoms with E-state index in [-0.39, 0.29) is 11.8 Å². The normalized spacial score (nSPS) is 26.2. The number of amides is 1. The maximum Gasteiger partial charge on any atom is 0.254 e. The Bertz CT molecular complexity index is 515. The van der Waals surface area contributed by atoms with Crippen molar-refractivity contribution in [3.63, 3.8) is 0 Å². The van der Waals surface area contributed by atoms with Gasteiger partial charge in [-0.15, -0.1) is 0 Å². The van der Waals surface area contributed by atoms with E-state index in [0.717, 1.165) is 38.0 Å². The minimum Gasteiger partial charge on any atom is -0.391 e. The van der Waals surface area contributed by atoms with E-state index in [9.17, 15) is 9.90 Å². The molecule has 1 amide bonds. The predicted octanol–water partition coefficient (Wildman–Crippen LogP) is 1.18. The van der Waals surface area contributed by atoms with Gasteiger partial charge in [0.1, 0.15) is 0 Å². The molecule has 2 atom stereocenters. The maximum atomic E-state index is 12.7. The monoisotopic (exact) mass is 274 g/mol. The summed E-state index contributed by atoms with van der Waals surface area (Å²) in [6.07, 6.45) is 1.39. The molecule has 4 heteroatoms. The van der Waals surface area contributed by atoms with E-state index in [4.69, 9.17) is 0 Å². The molecule has 108 valence electrons. The third-order valence-electron chi connectivity index (χ3n) is 4.58. The van der Waals surface area contributed by atoms with Gasteiger partial charge in [-0.05, 0) is 42.5 Å². The number of piperidine rings is 1. The van der Waals surface area contributed by atoms with E-state index in [2.05, 4.69) is 11.4 Å². The predicted molar refractivity (Wildman–Crippen MR) is 77.5 cm³/mol. The van der Waals surface area contributed by atoms with Gasteiger partial charge in [0, 0.05) is 25.2 Å². The highest BCUT2D eigenvalue weighted by Gasteiger charge is 2.29. The van der Waals surface area contributed by atoms with Gasteiger partial charge in [0.15, 0.2) is 0 Å². The van der Waals surface area contributed by atoms with Crippen LogP contribution in [0.5, 0.6) is 0 Å². The second-order valence-corrected chi connectivity index (χ2v) is 5.95. The van der Waals surface area contributed by atoms with Gasteiger partial charge in [0.05, 0.1) is 6.10 Å². The van der Waals surface area contributed by atoms with Crippen LogP contribution in [0, 0.1) is 5.92 Å². The fourth-order valence-corrected chi connectivity index (χ4v) is 3.14. The molecule has 4 nitrogen and oxygen atoms in total. The summed E-state index contributed by atoms with van der Waals surface area (Å²) in [5.74, 6) is 0.364. The number of hydrogen-bond acceptors (Lipinski definition) is 3. The zero-order valence-corrected chi connectivity index (χ0v) is 11.9. The van der Waals surface area contributed by atoms with Gasteiger partial charge in [-0.1, -0.05) is 19.1 Å². The molecule has 1 aromatic rings. The molecule has 2 N–H and O–H groups in total. The fraction of sp³-hybridized carbons (Fsp3) is 0.562. The van der Waals surface area contributed by atoms with Crippen LogP contribution in [0.25, 0.3) is 0 Å².